The number of fused-ring (bicyclic) bond motifs is 1. The molecule has 4 nitrogen and oxygen atoms in total. The molecule has 1 fully saturated rings. The Morgan fingerprint density at radius 2 is 2.00 bits per heavy atom. The van der Waals surface area contributed by atoms with Crippen LogP contribution in [-0.2, 0) is 11.2 Å². The first kappa shape index (κ1) is 13.8. The Labute approximate surface area is 133 Å². The molecule has 4 rings (SSSR count). The Hall–Kier alpha value is -1.85. The quantitative estimate of drug-likeness (QED) is 0.854. The van der Waals surface area contributed by atoms with Crippen molar-refractivity contribution in [3.05, 3.63) is 46.2 Å². The van der Waals surface area contributed by atoms with Crippen molar-refractivity contribution in [3.63, 3.8) is 0 Å². The molecule has 2 aliphatic rings. The lowest BCUT2D eigenvalue weighted by Crippen LogP contribution is -2.36. The molecule has 1 amide bonds. The molecule has 0 N–H and O–H groups in total. The second-order valence-electron chi connectivity index (χ2n) is 5.60. The molecule has 1 aromatic carbocycles. The van der Waals surface area contributed by atoms with Gasteiger partial charge in [-0.2, -0.15) is 0 Å². The van der Waals surface area contributed by atoms with Crippen molar-refractivity contribution in [1.29, 1.82) is 0 Å². The van der Waals surface area contributed by atoms with Gasteiger partial charge in [0.05, 0.1) is 18.1 Å². The summed E-state index contributed by atoms with van der Waals surface area (Å²) in [5.41, 5.74) is 3.53. The molecule has 114 valence electrons. The van der Waals surface area contributed by atoms with Gasteiger partial charge in [0, 0.05) is 31.0 Å². The number of hydrogen-bond acceptors (Lipinski definition) is 4. The van der Waals surface area contributed by atoms with Crippen molar-refractivity contribution >= 4 is 28.6 Å². The Kier molecular flexibility index (Phi) is 3.60. The number of carbonyl (C=O) groups excluding carboxylic acids is 1. The summed E-state index contributed by atoms with van der Waals surface area (Å²) < 4.78 is 5.42. The Morgan fingerprint density at radius 3 is 2.77 bits per heavy atom. The molecule has 0 radical (unpaired) electrons. The van der Waals surface area contributed by atoms with Gasteiger partial charge in [-0.15, -0.1) is 11.3 Å². The lowest BCUT2D eigenvalue weighted by Gasteiger charge is -2.29. The van der Waals surface area contributed by atoms with Gasteiger partial charge in [0.15, 0.2) is 0 Å². The van der Waals surface area contributed by atoms with E-state index in [4.69, 9.17) is 4.74 Å². The van der Waals surface area contributed by atoms with Crippen molar-refractivity contribution in [2.75, 3.05) is 42.6 Å². The summed E-state index contributed by atoms with van der Waals surface area (Å²) >= 11 is 1.51. The van der Waals surface area contributed by atoms with Gasteiger partial charge < -0.3 is 14.5 Å². The predicted octanol–water partition coefficient (Wildman–Crippen LogP) is 2.79. The minimum Gasteiger partial charge on any atom is -0.378 e. The van der Waals surface area contributed by atoms with Crippen LogP contribution in [0.4, 0.5) is 11.4 Å². The summed E-state index contributed by atoms with van der Waals surface area (Å²) in [6.45, 7) is 4.15. The van der Waals surface area contributed by atoms with E-state index >= 15 is 0 Å². The highest BCUT2D eigenvalue weighted by atomic mass is 32.1. The highest BCUT2D eigenvalue weighted by Crippen LogP contribution is 2.34. The number of morpholine rings is 1. The average molecular weight is 314 g/mol. The fourth-order valence-electron chi connectivity index (χ4n) is 3.13. The van der Waals surface area contributed by atoms with Gasteiger partial charge in [-0.05, 0) is 35.6 Å². The van der Waals surface area contributed by atoms with E-state index in [0.717, 1.165) is 49.8 Å². The number of ether oxygens (including phenoxy) is 1. The third kappa shape index (κ3) is 2.40. The molecule has 0 spiro atoms. The first-order chi connectivity index (χ1) is 10.8. The van der Waals surface area contributed by atoms with Gasteiger partial charge in [-0.25, -0.2) is 0 Å². The summed E-state index contributed by atoms with van der Waals surface area (Å²) in [5.74, 6) is 0.118. The van der Waals surface area contributed by atoms with Crippen molar-refractivity contribution in [1.82, 2.24) is 0 Å². The molecule has 0 aliphatic carbocycles. The Bertz CT molecular complexity index is 678. The summed E-state index contributed by atoms with van der Waals surface area (Å²) in [5, 5.41) is 1.95. The van der Waals surface area contributed by atoms with E-state index in [-0.39, 0.29) is 5.91 Å². The van der Waals surface area contributed by atoms with Gasteiger partial charge in [-0.3, -0.25) is 4.79 Å². The number of benzene rings is 1. The van der Waals surface area contributed by atoms with Gasteiger partial charge >= 0.3 is 0 Å². The third-order valence-corrected chi connectivity index (χ3v) is 5.18. The van der Waals surface area contributed by atoms with Crippen molar-refractivity contribution in [3.8, 4) is 0 Å². The summed E-state index contributed by atoms with van der Waals surface area (Å²) in [6.07, 6.45) is 0.940. The second kappa shape index (κ2) is 5.74. The van der Waals surface area contributed by atoms with Crippen LogP contribution in [0.15, 0.2) is 35.7 Å². The Morgan fingerprint density at radius 1 is 1.14 bits per heavy atom. The van der Waals surface area contributed by atoms with Crippen LogP contribution in [0.2, 0.25) is 0 Å². The van der Waals surface area contributed by atoms with Crippen LogP contribution in [0.1, 0.15) is 15.2 Å². The van der Waals surface area contributed by atoms with Crippen molar-refractivity contribution in [2.24, 2.45) is 0 Å². The fourth-order valence-corrected chi connectivity index (χ4v) is 3.80. The number of anilines is 2. The van der Waals surface area contributed by atoms with E-state index in [1.165, 1.54) is 22.6 Å². The van der Waals surface area contributed by atoms with E-state index in [9.17, 15) is 4.79 Å². The van der Waals surface area contributed by atoms with E-state index in [2.05, 4.69) is 23.1 Å². The minimum absolute atomic E-state index is 0.118. The van der Waals surface area contributed by atoms with E-state index < -0.39 is 0 Å². The molecule has 0 atom stereocenters. The molecule has 0 unspecified atom stereocenters. The normalized spacial score (nSPS) is 17.6. The Balaban J connectivity index is 1.64. The zero-order valence-electron chi connectivity index (χ0n) is 12.3. The first-order valence-corrected chi connectivity index (χ1v) is 8.52. The smallest absolute Gasteiger partial charge is 0.268 e. The molecular formula is C17H18N2O2S. The molecule has 3 heterocycles. The number of thiophene rings is 1. The lowest BCUT2D eigenvalue weighted by atomic mass is 10.1. The minimum atomic E-state index is 0.118. The van der Waals surface area contributed by atoms with Crippen LogP contribution in [-0.4, -0.2) is 38.8 Å². The molecule has 0 bridgehead atoms. The van der Waals surface area contributed by atoms with Gasteiger partial charge in [0.2, 0.25) is 0 Å². The molecule has 1 saturated heterocycles. The monoisotopic (exact) mass is 314 g/mol. The standard InChI is InChI=1S/C17H18N2O2S/c20-17(16-2-1-11-22-16)19-6-5-13-3-4-14(12-15(13)19)18-7-9-21-10-8-18/h1-4,11-12H,5-10H2. The van der Waals surface area contributed by atoms with Crippen LogP contribution in [0.5, 0.6) is 0 Å². The average Bonchev–Trinajstić information content (AvgIpc) is 3.24. The maximum Gasteiger partial charge on any atom is 0.268 e. The highest BCUT2D eigenvalue weighted by Gasteiger charge is 2.27. The van der Waals surface area contributed by atoms with Crippen LogP contribution in [0.25, 0.3) is 0 Å². The maximum atomic E-state index is 12.7. The highest BCUT2D eigenvalue weighted by molar-refractivity contribution is 7.12. The van der Waals surface area contributed by atoms with E-state index in [1.807, 2.05) is 22.4 Å². The molecule has 1 aromatic heterocycles. The second-order valence-corrected chi connectivity index (χ2v) is 6.54. The zero-order valence-corrected chi connectivity index (χ0v) is 13.1. The summed E-state index contributed by atoms with van der Waals surface area (Å²) in [6, 6.07) is 10.3. The van der Waals surface area contributed by atoms with Gasteiger partial charge in [0.25, 0.3) is 5.91 Å². The zero-order chi connectivity index (χ0) is 14.9. The number of carbonyl (C=O) groups is 1. The topological polar surface area (TPSA) is 32.8 Å². The van der Waals surface area contributed by atoms with Crippen LogP contribution >= 0.6 is 11.3 Å². The van der Waals surface area contributed by atoms with Gasteiger partial charge in [0.1, 0.15) is 0 Å². The van der Waals surface area contributed by atoms with Crippen LogP contribution < -0.4 is 9.80 Å². The maximum absolute atomic E-state index is 12.7. The van der Waals surface area contributed by atoms with E-state index in [0.29, 0.717) is 0 Å². The molecular weight excluding hydrogens is 296 g/mol. The molecule has 0 saturated carbocycles. The predicted molar refractivity (Wildman–Crippen MR) is 89.2 cm³/mol. The molecule has 5 heteroatoms. The largest absolute Gasteiger partial charge is 0.378 e. The number of amides is 1. The first-order valence-electron chi connectivity index (χ1n) is 7.64. The van der Waals surface area contributed by atoms with Crippen LogP contribution in [0, 0.1) is 0 Å². The summed E-state index contributed by atoms with van der Waals surface area (Å²) in [4.78, 5) is 17.7. The molecule has 2 aliphatic heterocycles. The number of rotatable bonds is 2. The van der Waals surface area contributed by atoms with Crippen molar-refractivity contribution < 1.29 is 9.53 Å². The number of nitrogens with zero attached hydrogens (tertiary/aromatic N) is 2. The fraction of sp³-hybridized carbons (Fsp3) is 0.353. The van der Waals surface area contributed by atoms with E-state index in [1.54, 1.807) is 0 Å². The number of hydrogen-bond donors (Lipinski definition) is 0. The van der Waals surface area contributed by atoms with Crippen LogP contribution in [0.3, 0.4) is 0 Å². The van der Waals surface area contributed by atoms with Crippen molar-refractivity contribution in [2.45, 2.75) is 6.42 Å². The lowest BCUT2D eigenvalue weighted by molar-refractivity contribution is 0.0993. The molecule has 2 aromatic rings. The SMILES string of the molecule is O=C(c1cccs1)N1CCc2ccc(N3CCOCC3)cc21. The molecule has 22 heavy (non-hydrogen) atoms. The third-order valence-electron chi connectivity index (χ3n) is 4.32. The van der Waals surface area contributed by atoms with Gasteiger partial charge in [-0.1, -0.05) is 12.1 Å². The summed E-state index contributed by atoms with van der Waals surface area (Å²) in [7, 11) is 0.